The molecule has 0 saturated heterocycles. The Morgan fingerprint density at radius 1 is 0.704 bits per heavy atom. The van der Waals surface area contributed by atoms with Crippen LogP contribution in [0.5, 0.6) is 0 Å². The van der Waals surface area contributed by atoms with Gasteiger partial charge in [-0.2, -0.15) is 0 Å². The molecule has 0 aliphatic carbocycles. The average Bonchev–Trinajstić information content (AvgIpc) is 2.68. The van der Waals surface area contributed by atoms with Crippen molar-refractivity contribution in [2.24, 2.45) is 0 Å². The van der Waals surface area contributed by atoms with E-state index < -0.39 is 0 Å². The Bertz CT molecular complexity index is 330. The van der Waals surface area contributed by atoms with Crippen LogP contribution in [-0.2, 0) is 4.79 Å². The van der Waals surface area contributed by atoms with Crippen LogP contribution in [0.2, 0.25) is 0 Å². The number of carbonyl (C=O) groups excluding carboxylic acids is 1. The van der Waals surface area contributed by atoms with Crippen molar-refractivity contribution >= 4 is 17.5 Å². The molecule has 0 aromatic rings. The molecule has 0 radical (unpaired) electrons. The quantitative estimate of drug-likeness (QED) is 0.118. The fraction of sp³-hybridized carbons (Fsp3) is 0.875. The summed E-state index contributed by atoms with van der Waals surface area (Å²) in [4.78, 5) is 11.4. The van der Waals surface area contributed by atoms with Crippen LogP contribution in [0.25, 0.3) is 0 Å². The van der Waals surface area contributed by atoms with E-state index in [-0.39, 0.29) is 5.91 Å². The minimum Gasteiger partial charge on any atom is -0.355 e. The van der Waals surface area contributed by atoms with Crippen molar-refractivity contribution in [3.8, 4) is 0 Å². The summed E-state index contributed by atoms with van der Waals surface area (Å²) in [5, 5.41) is 2.82. The molecule has 2 nitrogen and oxygen atoms in total. The lowest BCUT2D eigenvalue weighted by atomic mass is 10.1. The molecule has 1 amide bonds. The molecular formula is C24H46ClNO. The summed E-state index contributed by atoms with van der Waals surface area (Å²) >= 11 is 5.54. The summed E-state index contributed by atoms with van der Waals surface area (Å²) in [6, 6.07) is 0. The molecule has 1 N–H and O–H groups in total. The van der Waals surface area contributed by atoms with Crippen LogP contribution < -0.4 is 5.32 Å². The topological polar surface area (TPSA) is 29.1 Å². The lowest BCUT2D eigenvalue weighted by Gasteiger charge is -2.03. The van der Waals surface area contributed by atoms with Crippen molar-refractivity contribution in [2.75, 3.05) is 12.4 Å². The first-order chi connectivity index (χ1) is 13.3. The number of carbonyl (C=O) groups is 1. The first kappa shape index (κ1) is 26.5. The van der Waals surface area contributed by atoms with Gasteiger partial charge in [-0.25, -0.2) is 0 Å². The summed E-state index contributed by atoms with van der Waals surface area (Å²) in [5.41, 5.74) is 0. The SMILES string of the molecule is CCCCCCCC/C=C\CCCCCCCCCCCC(=O)NCCCl. The minimum absolute atomic E-state index is 0.150. The molecule has 0 heterocycles. The molecule has 0 aliphatic heterocycles. The first-order valence-corrected chi connectivity index (χ1v) is 12.3. The zero-order chi connectivity index (χ0) is 19.8. The number of hydrogen-bond acceptors (Lipinski definition) is 1. The Balaban J connectivity index is 3.12. The summed E-state index contributed by atoms with van der Waals surface area (Å²) in [5.74, 6) is 0.651. The highest BCUT2D eigenvalue weighted by molar-refractivity contribution is 6.18. The van der Waals surface area contributed by atoms with Crippen molar-refractivity contribution in [2.45, 2.75) is 122 Å². The van der Waals surface area contributed by atoms with E-state index in [4.69, 9.17) is 11.6 Å². The molecule has 0 aliphatic rings. The molecule has 27 heavy (non-hydrogen) atoms. The molecule has 0 aromatic carbocycles. The Morgan fingerprint density at radius 2 is 1.15 bits per heavy atom. The van der Waals surface area contributed by atoms with Gasteiger partial charge in [0.05, 0.1) is 0 Å². The van der Waals surface area contributed by atoms with Gasteiger partial charge in [0.15, 0.2) is 0 Å². The molecule has 3 heteroatoms. The van der Waals surface area contributed by atoms with Crippen LogP contribution in [0.15, 0.2) is 12.2 Å². The van der Waals surface area contributed by atoms with Crippen LogP contribution in [0.4, 0.5) is 0 Å². The van der Waals surface area contributed by atoms with Gasteiger partial charge < -0.3 is 5.32 Å². The Labute approximate surface area is 174 Å². The highest BCUT2D eigenvalue weighted by Gasteiger charge is 1.99. The number of alkyl halides is 1. The molecule has 160 valence electrons. The third-order valence-corrected chi connectivity index (χ3v) is 5.27. The number of rotatable bonds is 21. The van der Waals surface area contributed by atoms with E-state index in [9.17, 15) is 4.79 Å². The Morgan fingerprint density at radius 3 is 1.63 bits per heavy atom. The van der Waals surface area contributed by atoms with Crippen LogP contribution in [0.3, 0.4) is 0 Å². The predicted octanol–water partition coefficient (Wildman–Crippen LogP) is 7.94. The van der Waals surface area contributed by atoms with E-state index in [0.29, 0.717) is 18.8 Å². The average molecular weight is 400 g/mol. The van der Waals surface area contributed by atoms with Crippen molar-refractivity contribution in [3.63, 3.8) is 0 Å². The first-order valence-electron chi connectivity index (χ1n) is 11.8. The van der Waals surface area contributed by atoms with Crippen LogP contribution >= 0.6 is 11.6 Å². The van der Waals surface area contributed by atoms with Gasteiger partial charge in [-0.05, 0) is 32.1 Å². The fourth-order valence-corrected chi connectivity index (χ4v) is 3.43. The van der Waals surface area contributed by atoms with Crippen molar-refractivity contribution < 1.29 is 4.79 Å². The van der Waals surface area contributed by atoms with E-state index in [1.807, 2.05) is 0 Å². The lowest BCUT2D eigenvalue weighted by Crippen LogP contribution is -2.24. The number of unbranched alkanes of at least 4 members (excludes halogenated alkanes) is 15. The van der Waals surface area contributed by atoms with Gasteiger partial charge in [-0.1, -0.05) is 96.1 Å². The Hall–Kier alpha value is -0.500. The van der Waals surface area contributed by atoms with E-state index >= 15 is 0 Å². The van der Waals surface area contributed by atoms with Crippen LogP contribution in [0.1, 0.15) is 122 Å². The third kappa shape index (κ3) is 23.5. The van der Waals surface area contributed by atoms with Gasteiger partial charge >= 0.3 is 0 Å². The molecule has 0 atom stereocenters. The molecule has 0 bridgehead atoms. The van der Waals surface area contributed by atoms with Crippen molar-refractivity contribution in [3.05, 3.63) is 12.2 Å². The molecule has 0 aromatic heterocycles. The summed E-state index contributed by atoms with van der Waals surface area (Å²) in [7, 11) is 0. The molecule has 0 rings (SSSR count). The molecule has 0 fully saturated rings. The van der Waals surface area contributed by atoms with Crippen molar-refractivity contribution in [1.29, 1.82) is 0 Å². The number of amides is 1. The van der Waals surface area contributed by atoms with Gasteiger partial charge in [0.1, 0.15) is 0 Å². The monoisotopic (exact) mass is 399 g/mol. The van der Waals surface area contributed by atoms with E-state index in [1.165, 1.54) is 103 Å². The third-order valence-electron chi connectivity index (χ3n) is 5.08. The normalized spacial score (nSPS) is 11.3. The largest absolute Gasteiger partial charge is 0.355 e. The lowest BCUT2D eigenvalue weighted by molar-refractivity contribution is -0.121. The molecule has 0 saturated carbocycles. The molecule has 0 spiro atoms. The van der Waals surface area contributed by atoms with Gasteiger partial charge in [0.25, 0.3) is 0 Å². The smallest absolute Gasteiger partial charge is 0.220 e. The van der Waals surface area contributed by atoms with Gasteiger partial charge in [0.2, 0.25) is 5.91 Å². The number of allylic oxidation sites excluding steroid dienone is 2. The minimum atomic E-state index is 0.150. The second-order valence-electron chi connectivity index (χ2n) is 7.79. The van der Waals surface area contributed by atoms with E-state index in [0.717, 1.165) is 6.42 Å². The number of halogens is 1. The van der Waals surface area contributed by atoms with E-state index in [2.05, 4.69) is 24.4 Å². The fourth-order valence-electron chi connectivity index (χ4n) is 3.34. The van der Waals surface area contributed by atoms with Crippen LogP contribution in [0, 0.1) is 0 Å². The Kier molecular flexibility index (Phi) is 23.1. The number of hydrogen-bond donors (Lipinski definition) is 1. The maximum atomic E-state index is 11.4. The number of nitrogens with one attached hydrogen (secondary N) is 1. The summed E-state index contributed by atoms with van der Waals surface area (Å²) < 4.78 is 0. The summed E-state index contributed by atoms with van der Waals surface area (Å²) in [6.45, 7) is 2.87. The van der Waals surface area contributed by atoms with Gasteiger partial charge in [-0.15, -0.1) is 11.6 Å². The zero-order valence-corrected chi connectivity index (χ0v) is 18.8. The van der Waals surface area contributed by atoms with Crippen LogP contribution in [-0.4, -0.2) is 18.3 Å². The second kappa shape index (κ2) is 23.5. The zero-order valence-electron chi connectivity index (χ0n) is 18.1. The van der Waals surface area contributed by atoms with Gasteiger partial charge in [0, 0.05) is 18.8 Å². The second-order valence-corrected chi connectivity index (χ2v) is 8.17. The predicted molar refractivity (Wildman–Crippen MR) is 122 cm³/mol. The maximum Gasteiger partial charge on any atom is 0.220 e. The molecular weight excluding hydrogens is 354 g/mol. The maximum absolute atomic E-state index is 11.4. The summed E-state index contributed by atoms with van der Waals surface area (Å²) in [6.07, 6.45) is 28.0. The molecule has 0 unspecified atom stereocenters. The highest BCUT2D eigenvalue weighted by atomic mass is 35.5. The van der Waals surface area contributed by atoms with Crippen molar-refractivity contribution in [1.82, 2.24) is 5.32 Å². The van der Waals surface area contributed by atoms with E-state index in [1.54, 1.807) is 0 Å². The van der Waals surface area contributed by atoms with Gasteiger partial charge in [-0.3, -0.25) is 4.79 Å². The highest BCUT2D eigenvalue weighted by Crippen LogP contribution is 2.12. The standard InChI is InChI=1S/C24H46ClNO/c1-2-3-4-5-6-7-8-9-10-11-12-13-14-15-16-17-18-19-20-21-24(27)26-23-22-25/h9-10H,2-8,11-23H2,1H3,(H,26,27)/b10-9-.